The van der Waals surface area contributed by atoms with Crippen LogP contribution in [0.3, 0.4) is 0 Å². The van der Waals surface area contributed by atoms with Crippen molar-refractivity contribution in [1.29, 1.82) is 0 Å². The normalized spacial score (nSPS) is 12.1. The zero-order chi connectivity index (χ0) is 19.9. The maximum atomic E-state index is 12.4. The van der Waals surface area contributed by atoms with Crippen LogP contribution in [0.1, 0.15) is 11.3 Å². The molecule has 4 rings (SSSR count). The monoisotopic (exact) mass is 397 g/mol. The summed E-state index contributed by atoms with van der Waals surface area (Å²) in [5, 5.41) is 24.0. The number of sulfonamides is 1. The van der Waals surface area contributed by atoms with E-state index in [4.69, 9.17) is 5.11 Å². The van der Waals surface area contributed by atoms with Gasteiger partial charge < -0.3 is 5.11 Å². The molecule has 0 atom stereocenters. The lowest BCUT2D eigenvalue weighted by molar-refractivity contribution is 0.301. The molecule has 0 bridgehead atoms. The highest BCUT2D eigenvalue weighted by atomic mass is 32.2. The van der Waals surface area contributed by atoms with Gasteiger partial charge in [0.05, 0.1) is 17.2 Å². The summed E-state index contributed by atoms with van der Waals surface area (Å²) < 4.78 is 28.9. The number of aryl methyl sites for hydroxylation is 2. The Balaban J connectivity index is 1.92. The summed E-state index contributed by atoms with van der Waals surface area (Å²) in [6.45, 7) is 3.47. The van der Waals surface area contributed by atoms with Crippen molar-refractivity contribution in [2.24, 2.45) is 0 Å². The Morgan fingerprint density at radius 1 is 1.07 bits per heavy atom. The molecule has 2 aromatic carbocycles. The molecular formula is C19H19N5O3S. The molecule has 0 amide bonds. The molecule has 144 valence electrons. The van der Waals surface area contributed by atoms with Crippen molar-refractivity contribution in [3.05, 3.63) is 53.7 Å². The van der Waals surface area contributed by atoms with E-state index in [1.54, 1.807) is 16.6 Å². The molecular weight excluding hydrogens is 378 g/mol. The molecule has 28 heavy (non-hydrogen) atoms. The van der Waals surface area contributed by atoms with Crippen molar-refractivity contribution >= 4 is 26.4 Å². The van der Waals surface area contributed by atoms with Crippen LogP contribution >= 0.6 is 0 Å². The summed E-state index contributed by atoms with van der Waals surface area (Å²) in [4.78, 5) is 0.0933. The van der Waals surface area contributed by atoms with E-state index in [9.17, 15) is 8.42 Å². The van der Waals surface area contributed by atoms with E-state index in [0.717, 1.165) is 22.0 Å². The molecule has 2 heterocycles. The van der Waals surface area contributed by atoms with Gasteiger partial charge in [-0.25, -0.2) is 13.1 Å². The fraction of sp³-hybridized carbons (Fsp3) is 0.211. The zero-order valence-electron chi connectivity index (χ0n) is 15.4. The molecule has 0 unspecified atom stereocenters. The number of fused-ring (bicyclic) bond motifs is 3. The second-order valence-corrected chi connectivity index (χ2v) is 8.26. The number of nitrogens with one attached hydrogen (secondary N) is 1. The minimum Gasteiger partial charge on any atom is -0.395 e. The van der Waals surface area contributed by atoms with Crippen molar-refractivity contribution < 1.29 is 13.5 Å². The third-order valence-corrected chi connectivity index (χ3v) is 6.07. The molecule has 0 aliphatic carbocycles. The van der Waals surface area contributed by atoms with Crippen molar-refractivity contribution in [2.45, 2.75) is 18.7 Å². The van der Waals surface area contributed by atoms with Gasteiger partial charge in [0.2, 0.25) is 10.0 Å². The highest BCUT2D eigenvalue weighted by molar-refractivity contribution is 7.89. The van der Waals surface area contributed by atoms with Crippen molar-refractivity contribution in [3.8, 4) is 11.4 Å². The molecule has 8 nitrogen and oxygen atoms in total. The second-order valence-electron chi connectivity index (χ2n) is 6.49. The zero-order valence-corrected chi connectivity index (χ0v) is 16.2. The Labute approximate surface area is 161 Å². The van der Waals surface area contributed by atoms with E-state index in [1.165, 1.54) is 6.07 Å². The Hall–Kier alpha value is -2.88. The molecule has 0 saturated heterocycles. The van der Waals surface area contributed by atoms with Gasteiger partial charge >= 0.3 is 0 Å². The maximum absolute atomic E-state index is 12.4. The van der Waals surface area contributed by atoms with Crippen LogP contribution in [0.25, 0.3) is 27.8 Å². The fourth-order valence-corrected chi connectivity index (χ4v) is 4.23. The molecule has 0 spiro atoms. The molecule has 9 heteroatoms. The molecule has 0 fully saturated rings. The quantitative estimate of drug-likeness (QED) is 0.532. The third kappa shape index (κ3) is 3.03. The summed E-state index contributed by atoms with van der Waals surface area (Å²) >= 11 is 0. The summed E-state index contributed by atoms with van der Waals surface area (Å²) in [6, 6.07) is 12.6. The van der Waals surface area contributed by atoms with Crippen molar-refractivity contribution in [3.63, 3.8) is 0 Å². The second kappa shape index (κ2) is 6.93. The largest absolute Gasteiger partial charge is 0.395 e. The van der Waals surface area contributed by atoms with Crippen molar-refractivity contribution in [2.75, 3.05) is 13.2 Å². The Morgan fingerprint density at radius 3 is 2.57 bits per heavy atom. The van der Waals surface area contributed by atoms with Crippen LogP contribution in [0.2, 0.25) is 0 Å². The van der Waals surface area contributed by atoms with Crippen LogP contribution in [0.5, 0.6) is 0 Å². The number of nitrogens with zero attached hydrogens (tertiary/aromatic N) is 4. The number of aromatic nitrogens is 4. The summed E-state index contributed by atoms with van der Waals surface area (Å²) in [7, 11) is -3.74. The highest BCUT2D eigenvalue weighted by Crippen LogP contribution is 2.28. The lowest BCUT2D eigenvalue weighted by Gasteiger charge is -2.10. The molecule has 2 N–H and O–H groups in total. The van der Waals surface area contributed by atoms with Gasteiger partial charge in [-0.05, 0) is 31.5 Å². The SMILES string of the molecule is Cc1ccc(S(=O)(=O)NCCO)cc1-c1nnc2c3ccccc3c(C)nn12. The van der Waals surface area contributed by atoms with Crippen molar-refractivity contribution in [1.82, 2.24) is 24.5 Å². The van der Waals surface area contributed by atoms with E-state index >= 15 is 0 Å². The Bertz CT molecular complexity index is 1300. The average molecular weight is 397 g/mol. The van der Waals surface area contributed by atoms with E-state index in [2.05, 4.69) is 20.0 Å². The predicted octanol–water partition coefficient (Wildman–Crippen LogP) is 1.83. The highest BCUT2D eigenvalue weighted by Gasteiger charge is 2.19. The number of benzene rings is 2. The molecule has 2 aromatic heterocycles. The summed E-state index contributed by atoms with van der Waals surface area (Å²) in [5.74, 6) is 0.473. The fourth-order valence-electron chi connectivity index (χ4n) is 3.18. The van der Waals surface area contributed by atoms with Crippen LogP contribution in [-0.2, 0) is 10.0 Å². The van der Waals surface area contributed by atoms with Gasteiger partial charge in [0.15, 0.2) is 11.5 Å². The van der Waals surface area contributed by atoms with Gasteiger partial charge in [0.25, 0.3) is 0 Å². The average Bonchev–Trinajstić information content (AvgIpc) is 3.10. The first kappa shape index (κ1) is 18.5. The molecule has 0 aliphatic heterocycles. The number of aliphatic hydroxyl groups excluding tert-OH is 1. The van der Waals surface area contributed by atoms with Gasteiger partial charge in [-0.3, -0.25) is 0 Å². The summed E-state index contributed by atoms with van der Waals surface area (Å²) in [6.07, 6.45) is 0. The lowest BCUT2D eigenvalue weighted by Crippen LogP contribution is -2.26. The first-order valence-electron chi connectivity index (χ1n) is 8.74. The lowest BCUT2D eigenvalue weighted by atomic mass is 10.1. The van der Waals surface area contributed by atoms with E-state index < -0.39 is 10.0 Å². The smallest absolute Gasteiger partial charge is 0.240 e. The van der Waals surface area contributed by atoms with Gasteiger partial charge in [-0.2, -0.15) is 9.61 Å². The van der Waals surface area contributed by atoms with Gasteiger partial charge in [0.1, 0.15) is 0 Å². The molecule has 0 saturated carbocycles. The van der Waals surface area contributed by atoms with Crippen LogP contribution in [0.15, 0.2) is 47.4 Å². The standard InChI is InChI=1S/C19H19N5O3S/c1-12-7-8-14(28(26,27)20-9-10-25)11-17(12)19-22-21-18-16-6-4-3-5-15(16)13(2)23-24(18)19/h3-8,11,20,25H,9-10H2,1-2H3. The molecule has 4 aromatic rings. The minimum absolute atomic E-state index is 0.0495. The van der Waals surface area contributed by atoms with Crippen LogP contribution in [0, 0.1) is 13.8 Å². The number of aliphatic hydroxyl groups is 1. The van der Waals surface area contributed by atoms with Crippen LogP contribution < -0.4 is 4.72 Å². The van der Waals surface area contributed by atoms with E-state index in [-0.39, 0.29) is 18.0 Å². The van der Waals surface area contributed by atoms with Gasteiger partial charge in [0, 0.05) is 22.9 Å². The molecule has 0 aliphatic rings. The Kier molecular flexibility index (Phi) is 4.58. The first-order chi connectivity index (χ1) is 13.4. The minimum atomic E-state index is -3.74. The third-order valence-electron chi connectivity index (χ3n) is 4.61. The maximum Gasteiger partial charge on any atom is 0.240 e. The van der Waals surface area contributed by atoms with Crippen LogP contribution in [0.4, 0.5) is 0 Å². The van der Waals surface area contributed by atoms with Crippen LogP contribution in [-0.4, -0.2) is 46.5 Å². The van der Waals surface area contributed by atoms with Gasteiger partial charge in [-0.15, -0.1) is 10.2 Å². The van der Waals surface area contributed by atoms with E-state index in [1.807, 2.05) is 38.1 Å². The summed E-state index contributed by atoms with van der Waals surface area (Å²) in [5.41, 5.74) is 2.92. The van der Waals surface area contributed by atoms with E-state index in [0.29, 0.717) is 17.0 Å². The van der Waals surface area contributed by atoms with Gasteiger partial charge in [-0.1, -0.05) is 30.3 Å². The number of hydrogen-bond acceptors (Lipinski definition) is 6. The predicted molar refractivity (Wildman–Crippen MR) is 105 cm³/mol. The first-order valence-corrected chi connectivity index (χ1v) is 10.2. The number of rotatable bonds is 5. The molecule has 0 radical (unpaired) electrons. The topological polar surface area (TPSA) is 109 Å². The Morgan fingerprint density at radius 2 is 1.82 bits per heavy atom. The number of hydrogen-bond donors (Lipinski definition) is 2.